The minimum Gasteiger partial charge on any atom is -0.0722 e. The molecule has 0 atom stereocenters. The molecule has 0 unspecified atom stereocenters. The molecule has 0 spiro atoms. The molecule has 0 heterocycles. The maximum atomic E-state index is 2.36. The van der Waals surface area contributed by atoms with Gasteiger partial charge in [-0.25, -0.2) is 0 Å². The van der Waals surface area contributed by atoms with E-state index in [-0.39, 0.29) is 8.80 Å². The first kappa shape index (κ1) is 10.4. The third-order valence-corrected chi connectivity index (χ3v) is 3.12. The largest absolute Gasteiger partial charge is 0.0722 e. The van der Waals surface area contributed by atoms with E-state index in [1.807, 2.05) is 36.4 Å². The van der Waals surface area contributed by atoms with Gasteiger partial charge >= 0.3 is 0 Å². The van der Waals surface area contributed by atoms with E-state index in [2.05, 4.69) is 20.0 Å². The van der Waals surface area contributed by atoms with Crippen LogP contribution in [0.1, 0.15) is 6.92 Å². The Hall–Kier alpha value is -0.563. The van der Waals surface area contributed by atoms with Crippen LogP contribution in [0, 0.1) is 0 Å². The van der Waals surface area contributed by atoms with Crippen molar-refractivity contribution in [3.63, 3.8) is 0 Å². The summed E-state index contributed by atoms with van der Waals surface area (Å²) in [6.07, 6.45) is 0. The lowest BCUT2D eigenvalue weighted by Crippen LogP contribution is -1.92. The highest BCUT2D eigenvalue weighted by molar-refractivity contribution is 6.55. The SMILES string of the molecule is CC[SiH](C)C.c1ccccc1. The molecule has 1 heteroatoms. The molecular weight excluding hydrogens is 148 g/mol. The first-order valence-electron chi connectivity index (χ1n) is 4.27. The molecule has 0 aliphatic rings. The maximum absolute atomic E-state index is 2.36. The molecule has 0 bridgehead atoms. The monoisotopic (exact) mass is 166 g/mol. The van der Waals surface area contributed by atoms with E-state index in [1.165, 1.54) is 6.04 Å². The van der Waals surface area contributed by atoms with Crippen molar-refractivity contribution in [2.24, 2.45) is 0 Å². The predicted octanol–water partition coefficient (Wildman–Crippen LogP) is 3.18. The first-order valence-corrected chi connectivity index (χ1v) is 7.40. The fraction of sp³-hybridized carbons (Fsp3) is 0.400. The highest BCUT2D eigenvalue weighted by Crippen LogP contribution is 1.83. The van der Waals surface area contributed by atoms with Crippen molar-refractivity contribution in [3.8, 4) is 0 Å². The predicted molar refractivity (Wildman–Crippen MR) is 55.8 cm³/mol. The zero-order chi connectivity index (χ0) is 8.53. The van der Waals surface area contributed by atoms with E-state index in [4.69, 9.17) is 0 Å². The molecule has 0 nitrogen and oxygen atoms in total. The average Bonchev–Trinajstić information content (AvgIpc) is 2.09. The van der Waals surface area contributed by atoms with E-state index in [1.54, 1.807) is 0 Å². The third-order valence-electron chi connectivity index (χ3n) is 1.48. The summed E-state index contributed by atoms with van der Waals surface area (Å²) in [5, 5.41) is 0. The van der Waals surface area contributed by atoms with Crippen molar-refractivity contribution < 1.29 is 0 Å². The summed E-state index contributed by atoms with van der Waals surface area (Å²) < 4.78 is 0. The summed E-state index contributed by atoms with van der Waals surface area (Å²) in [7, 11) is -0.150. The minimum atomic E-state index is -0.150. The van der Waals surface area contributed by atoms with Crippen LogP contribution in [0.2, 0.25) is 19.1 Å². The van der Waals surface area contributed by atoms with Crippen LogP contribution in [0.25, 0.3) is 0 Å². The van der Waals surface area contributed by atoms with Crippen molar-refractivity contribution in [2.75, 3.05) is 0 Å². The van der Waals surface area contributed by atoms with Crippen LogP contribution >= 0.6 is 0 Å². The molecule has 11 heavy (non-hydrogen) atoms. The number of hydrogen-bond acceptors (Lipinski definition) is 0. The Labute approximate surface area is 71.9 Å². The smallest absolute Gasteiger partial charge is 0.0302 e. The summed E-state index contributed by atoms with van der Waals surface area (Å²) in [6, 6.07) is 13.4. The van der Waals surface area contributed by atoms with Crippen LogP contribution in [0.15, 0.2) is 36.4 Å². The molecule has 1 rings (SSSR count). The van der Waals surface area contributed by atoms with E-state index in [9.17, 15) is 0 Å². The molecule has 0 N–H and O–H groups in total. The first-order chi connectivity index (χ1) is 5.27. The van der Waals surface area contributed by atoms with E-state index >= 15 is 0 Å². The molecule has 0 amide bonds. The molecule has 0 aliphatic heterocycles. The molecule has 0 radical (unpaired) electrons. The van der Waals surface area contributed by atoms with E-state index in [0.29, 0.717) is 0 Å². The molecular formula is C10H18Si. The molecule has 0 aliphatic carbocycles. The Morgan fingerprint density at radius 3 is 1.09 bits per heavy atom. The lowest BCUT2D eigenvalue weighted by molar-refractivity contribution is 1.41. The fourth-order valence-corrected chi connectivity index (χ4v) is 0.385. The Kier molecular flexibility index (Phi) is 7.16. The quantitative estimate of drug-likeness (QED) is 0.562. The van der Waals surface area contributed by atoms with E-state index in [0.717, 1.165) is 0 Å². The van der Waals surface area contributed by atoms with Gasteiger partial charge < -0.3 is 0 Å². The minimum absolute atomic E-state index is 0.150. The van der Waals surface area contributed by atoms with Gasteiger partial charge in [-0.3, -0.25) is 0 Å². The van der Waals surface area contributed by atoms with Gasteiger partial charge in [0.25, 0.3) is 0 Å². The average molecular weight is 166 g/mol. The van der Waals surface area contributed by atoms with Gasteiger partial charge in [0.2, 0.25) is 0 Å². The van der Waals surface area contributed by atoms with Crippen molar-refractivity contribution >= 4 is 8.80 Å². The molecule has 0 saturated carbocycles. The van der Waals surface area contributed by atoms with Crippen LogP contribution in [0.4, 0.5) is 0 Å². The zero-order valence-corrected chi connectivity index (χ0v) is 8.90. The Balaban J connectivity index is 0.000000187. The number of hydrogen-bond donors (Lipinski definition) is 0. The van der Waals surface area contributed by atoms with Gasteiger partial charge in [0.1, 0.15) is 0 Å². The van der Waals surface area contributed by atoms with Crippen molar-refractivity contribution in [3.05, 3.63) is 36.4 Å². The molecule has 1 aromatic rings. The van der Waals surface area contributed by atoms with Gasteiger partial charge in [0.15, 0.2) is 0 Å². The topological polar surface area (TPSA) is 0 Å². The third kappa shape index (κ3) is 9.44. The van der Waals surface area contributed by atoms with Crippen molar-refractivity contribution in [1.29, 1.82) is 0 Å². The summed E-state index contributed by atoms with van der Waals surface area (Å²) >= 11 is 0. The highest BCUT2D eigenvalue weighted by atomic mass is 28.3. The van der Waals surface area contributed by atoms with Crippen LogP contribution in [0.3, 0.4) is 0 Å². The molecule has 0 aromatic heterocycles. The second-order valence-electron chi connectivity index (χ2n) is 2.96. The Morgan fingerprint density at radius 2 is 1.00 bits per heavy atom. The summed E-state index contributed by atoms with van der Waals surface area (Å²) in [6.45, 7) is 6.98. The molecule has 0 fully saturated rings. The fourth-order valence-electron chi connectivity index (χ4n) is 0.385. The maximum Gasteiger partial charge on any atom is 0.0302 e. The normalized spacial score (nSPS) is 8.73. The number of benzene rings is 1. The van der Waals surface area contributed by atoms with Gasteiger partial charge in [-0.15, -0.1) is 0 Å². The molecule has 62 valence electrons. The zero-order valence-electron chi connectivity index (χ0n) is 7.75. The number of rotatable bonds is 1. The van der Waals surface area contributed by atoms with Crippen LogP contribution < -0.4 is 0 Å². The lowest BCUT2D eigenvalue weighted by atomic mass is 10.4. The van der Waals surface area contributed by atoms with Crippen molar-refractivity contribution in [1.82, 2.24) is 0 Å². The second-order valence-corrected chi connectivity index (χ2v) is 6.56. The highest BCUT2D eigenvalue weighted by Gasteiger charge is 1.82. The van der Waals surface area contributed by atoms with Crippen molar-refractivity contribution in [2.45, 2.75) is 26.1 Å². The Morgan fingerprint density at radius 1 is 0.818 bits per heavy atom. The second kappa shape index (κ2) is 7.54. The summed E-state index contributed by atoms with van der Waals surface area (Å²) in [5.74, 6) is 0. The molecule has 0 saturated heterocycles. The van der Waals surface area contributed by atoms with Gasteiger partial charge in [0, 0.05) is 8.80 Å². The molecule has 1 aromatic carbocycles. The van der Waals surface area contributed by atoms with Gasteiger partial charge in [-0.2, -0.15) is 0 Å². The standard InChI is InChI=1S/C6H6.C4H12Si/c1-2-4-6-5-3-1;1-4-5(2)3/h1-6H;5H,4H2,1-3H3. The van der Waals surface area contributed by atoms with Gasteiger partial charge in [-0.05, 0) is 0 Å². The lowest BCUT2D eigenvalue weighted by Gasteiger charge is -1.87. The van der Waals surface area contributed by atoms with Crippen LogP contribution in [0.5, 0.6) is 0 Å². The summed E-state index contributed by atoms with van der Waals surface area (Å²) in [4.78, 5) is 0. The van der Waals surface area contributed by atoms with Gasteiger partial charge in [-0.1, -0.05) is 62.5 Å². The van der Waals surface area contributed by atoms with E-state index < -0.39 is 0 Å². The Bertz CT molecular complexity index is 120. The summed E-state index contributed by atoms with van der Waals surface area (Å²) in [5.41, 5.74) is 0. The van der Waals surface area contributed by atoms with Crippen LogP contribution in [-0.2, 0) is 0 Å². The van der Waals surface area contributed by atoms with Gasteiger partial charge in [0.05, 0.1) is 0 Å². The van der Waals surface area contributed by atoms with Crippen LogP contribution in [-0.4, -0.2) is 8.80 Å².